The van der Waals surface area contributed by atoms with Gasteiger partial charge in [0.15, 0.2) is 22.8 Å². The molecule has 0 radical (unpaired) electrons. The number of amides is 4. The number of halogens is 4. The van der Waals surface area contributed by atoms with E-state index in [4.69, 9.17) is 0 Å². The highest BCUT2D eigenvalue weighted by Gasteiger charge is 2.39. The van der Waals surface area contributed by atoms with E-state index in [1.807, 2.05) is 163 Å². The van der Waals surface area contributed by atoms with E-state index in [0.717, 1.165) is 202 Å². The number of alkyl halides is 4. The molecule has 8 aliphatic heterocycles. The summed E-state index contributed by atoms with van der Waals surface area (Å²) in [6.45, 7) is 14.3. The molecule has 20 heterocycles. The molecule has 8 fully saturated rings. The molecule has 24 rings (SSSR count). The maximum absolute atomic E-state index is 13.6. The molecule has 12 aromatic heterocycles. The number of benzene rings is 4. The predicted molar refractivity (Wildman–Crippen MR) is 572 cm³/mol. The van der Waals surface area contributed by atoms with Crippen molar-refractivity contribution in [3.05, 3.63) is 254 Å². The van der Waals surface area contributed by atoms with Gasteiger partial charge in [-0.05, 0) is 264 Å². The number of anilines is 10. The molecule has 36 heteroatoms. The standard InChI is InChI=1S/C29H31F2N7O.C28H29F2N7O.C28H31N7O.C27H29N7O/c30-29(31)8-12-37(13-9-29)19-20-14-22(17-32-16-20)21-4-6-25-24(15-21)27(36-35-25)28(39)34-23-5-7-26(33-18-23)38-10-2-1-3-11-38;29-28(30)8-11-36(18-28)17-19-12-21(15-31-14-19)20-4-6-24-23(13-20)26(35-34-24)27(38)33-22-5-7-25(32-16-22)37-9-2-1-3-10-37;36-28(31-22-8-10-26(30-18-22)35-13-5-2-6-14-35)27-24-16-20(7-9-25(24)32-33-27)21-15-23(19-29-17-21)34-11-3-1-4-12-34;35-27(30-21-7-9-25(29-17-21)34-12-2-1-3-13-34)26-23-15-19(6-8-24(23)31-32-26)20-14-22(18-28-16-20)33-10-4-5-11-33/h4-7,14-18H,1-3,8-13,19H2,(H,34,39)(H,35,36);4-7,12-16H,1-3,8-11,17-18H2,(H,33,38)(H,34,35);7-10,15-19H,1-6,11-14H2,(H,31,36)(H,32,33);6-9,14-18H,1-5,10-13H2,(H,30,35)(H,31,32). The summed E-state index contributed by atoms with van der Waals surface area (Å²) in [7, 11) is 0. The summed E-state index contributed by atoms with van der Waals surface area (Å²) < 4.78 is 54.2. The van der Waals surface area contributed by atoms with Crippen LogP contribution in [-0.4, -0.2) is 231 Å². The second-order valence-electron chi connectivity index (χ2n) is 39.7. The van der Waals surface area contributed by atoms with Gasteiger partial charge in [0.05, 0.1) is 99.9 Å². The molecule has 4 amide bonds. The van der Waals surface area contributed by atoms with Crippen LogP contribution in [0.2, 0.25) is 0 Å². The zero-order chi connectivity index (χ0) is 101. The van der Waals surface area contributed by atoms with Gasteiger partial charge in [-0.2, -0.15) is 20.4 Å². The maximum atomic E-state index is 13.6. The molecule has 8 aliphatic rings. The van der Waals surface area contributed by atoms with Crippen LogP contribution in [0.4, 0.5) is 75.0 Å². The van der Waals surface area contributed by atoms with Gasteiger partial charge in [-0.1, -0.05) is 24.3 Å². The van der Waals surface area contributed by atoms with E-state index < -0.39 is 11.8 Å². The summed E-state index contributed by atoms with van der Waals surface area (Å²) in [5.41, 5.74) is 18.7. The molecule has 0 bridgehead atoms. The van der Waals surface area contributed by atoms with Crippen molar-refractivity contribution in [1.82, 2.24) is 90.5 Å². The number of fused-ring (bicyclic) bond motifs is 4. The van der Waals surface area contributed by atoms with E-state index in [2.05, 4.69) is 143 Å². The SMILES string of the molecule is O=C(Nc1ccc(N2CCCCC2)nc1)c1n[nH]c2ccc(-c3cncc(CN4CCC(F)(F)C4)c3)cc12.O=C(Nc1ccc(N2CCCCC2)nc1)c1n[nH]c2ccc(-c3cncc(CN4CCC(F)(F)CC4)c3)cc12.O=C(Nc1ccc(N2CCCCC2)nc1)c1n[nH]c2ccc(-c3cncc(N4CCCC4)c3)cc12.O=C(Nc1ccc(N2CCCCC2)nc1)c1n[nH]c2ccc(-c3cncc(N4CCCCC4)c3)cc12. The molecular formula is C112H120F4N28O4. The molecule has 8 saturated heterocycles. The summed E-state index contributed by atoms with van der Waals surface area (Å²) in [6.07, 6.45) is 41.8. The zero-order valence-electron chi connectivity index (χ0n) is 82.7. The van der Waals surface area contributed by atoms with Crippen molar-refractivity contribution in [3.63, 3.8) is 0 Å². The number of pyridine rings is 8. The smallest absolute Gasteiger partial charge is 0.276 e. The Morgan fingerprint density at radius 1 is 0.264 bits per heavy atom. The van der Waals surface area contributed by atoms with Crippen molar-refractivity contribution in [1.29, 1.82) is 0 Å². The predicted octanol–water partition coefficient (Wildman–Crippen LogP) is 20.7. The van der Waals surface area contributed by atoms with Crippen LogP contribution in [0.15, 0.2) is 220 Å². The Morgan fingerprint density at radius 2 is 0.527 bits per heavy atom. The van der Waals surface area contributed by atoms with Gasteiger partial charge in [0.2, 0.25) is 0 Å². The summed E-state index contributed by atoms with van der Waals surface area (Å²) in [4.78, 5) is 106. The number of H-pyrrole nitrogens is 4. The highest BCUT2D eigenvalue weighted by molar-refractivity contribution is 6.15. The number of carbonyl (C=O) groups is 4. The van der Waals surface area contributed by atoms with Gasteiger partial charge in [0.25, 0.3) is 35.5 Å². The molecular weight excluding hydrogens is 1880 g/mol. The van der Waals surface area contributed by atoms with Gasteiger partial charge in [-0.3, -0.25) is 69.3 Å². The topological polar surface area (TPSA) is 360 Å². The third kappa shape index (κ3) is 23.8. The first-order chi connectivity index (χ1) is 72.3. The van der Waals surface area contributed by atoms with Crippen LogP contribution in [0.3, 0.4) is 0 Å². The number of rotatable bonds is 22. The average molecular weight is 2000 g/mol. The number of hydrogen-bond donors (Lipinski definition) is 8. The maximum Gasteiger partial charge on any atom is 0.276 e. The number of nitrogens with one attached hydrogen (secondary N) is 8. The molecule has 0 spiro atoms. The number of nitrogens with zero attached hydrogens (tertiary/aromatic N) is 20. The van der Waals surface area contributed by atoms with Crippen LogP contribution in [0.25, 0.3) is 88.1 Å². The fourth-order valence-electron chi connectivity index (χ4n) is 20.9. The van der Waals surface area contributed by atoms with Gasteiger partial charge >= 0.3 is 0 Å². The highest BCUT2D eigenvalue weighted by Crippen LogP contribution is 2.38. The molecule has 32 nitrogen and oxygen atoms in total. The van der Waals surface area contributed by atoms with Crippen molar-refractivity contribution in [2.24, 2.45) is 0 Å². The fourth-order valence-corrected chi connectivity index (χ4v) is 20.9. The molecule has 4 aromatic carbocycles. The van der Waals surface area contributed by atoms with E-state index in [9.17, 15) is 36.7 Å². The van der Waals surface area contributed by atoms with Gasteiger partial charge in [0.1, 0.15) is 23.3 Å². The van der Waals surface area contributed by atoms with Crippen molar-refractivity contribution in [2.75, 3.05) is 155 Å². The normalized spacial score (nSPS) is 17.0. The van der Waals surface area contributed by atoms with Crippen LogP contribution < -0.4 is 50.7 Å². The van der Waals surface area contributed by atoms with E-state index in [-0.39, 0.29) is 55.1 Å². The zero-order valence-corrected chi connectivity index (χ0v) is 82.7. The van der Waals surface area contributed by atoms with Crippen LogP contribution >= 0.6 is 0 Å². The Hall–Kier alpha value is -15.7. The molecule has 0 unspecified atom stereocenters. The lowest BCUT2D eigenvalue weighted by Gasteiger charge is -2.31. The average Bonchev–Trinajstić information content (AvgIpc) is 1.67. The number of aromatic nitrogens is 16. The molecule has 760 valence electrons. The second-order valence-corrected chi connectivity index (χ2v) is 39.7. The molecule has 148 heavy (non-hydrogen) atoms. The number of hydrogen-bond acceptors (Lipinski definition) is 24. The van der Waals surface area contributed by atoms with Crippen molar-refractivity contribution < 1.29 is 36.7 Å². The lowest BCUT2D eigenvalue weighted by molar-refractivity contribution is -0.0566. The Kier molecular flexibility index (Phi) is 30.0. The molecule has 16 aromatic rings. The monoisotopic (exact) mass is 2000 g/mol. The second kappa shape index (κ2) is 45.1. The lowest BCUT2D eigenvalue weighted by Crippen LogP contribution is -2.38. The van der Waals surface area contributed by atoms with Gasteiger partial charge < -0.3 is 50.7 Å². The number of carbonyl (C=O) groups excluding carboxylic acids is 4. The molecule has 0 aliphatic carbocycles. The summed E-state index contributed by atoms with van der Waals surface area (Å²) in [5.74, 6) is -2.58. The Labute approximate surface area is 854 Å². The summed E-state index contributed by atoms with van der Waals surface area (Å²) >= 11 is 0. The summed E-state index contributed by atoms with van der Waals surface area (Å²) in [6, 6.07) is 47.2. The first-order valence-electron chi connectivity index (χ1n) is 51.9. The number of piperidine rings is 6. The van der Waals surface area contributed by atoms with E-state index in [1.165, 1.54) is 109 Å². The van der Waals surface area contributed by atoms with Crippen LogP contribution in [0.1, 0.15) is 181 Å². The molecule has 0 atom stereocenters. The van der Waals surface area contributed by atoms with Gasteiger partial charge in [0, 0.05) is 212 Å². The quantitative estimate of drug-likeness (QED) is 0.0292. The van der Waals surface area contributed by atoms with Crippen LogP contribution in [-0.2, 0) is 13.1 Å². The lowest BCUT2D eigenvalue weighted by atomic mass is 10.0. The minimum Gasteiger partial charge on any atom is -0.370 e. The Bertz CT molecular complexity index is 7320. The van der Waals surface area contributed by atoms with E-state index in [1.54, 1.807) is 54.5 Å². The number of aromatic amines is 4. The molecule has 8 N–H and O–H groups in total. The van der Waals surface area contributed by atoms with Crippen molar-refractivity contribution in [3.8, 4) is 44.5 Å². The number of likely N-dealkylation sites (tertiary alicyclic amines) is 2. The largest absolute Gasteiger partial charge is 0.370 e. The van der Waals surface area contributed by atoms with Crippen LogP contribution in [0, 0.1) is 0 Å². The van der Waals surface area contributed by atoms with E-state index in [0.29, 0.717) is 83.3 Å². The first-order valence-corrected chi connectivity index (χ1v) is 51.9. The third-order valence-corrected chi connectivity index (χ3v) is 29.1. The Morgan fingerprint density at radius 3 is 0.811 bits per heavy atom. The highest BCUT2D eigenvalue weighted by atomic mass is 19.3. The van der Waals surface area contributed by atoms with Crippen molar-refractivity contribution >= 4 is 125 Å². The molecule has 0 saturated carbocycles. The Balaban J connectivity index is 0.000000116. The minimum absolute atomic E-state index is 0.110. The first kappa shape index (κ1) is 98.3. The fraction of sp³-hybridized carbons (Fsp3) is 0.357. The van der Waals surface area contributed by atoms with Gasteiger partial charge in [-0.25, -0.2) is 37.5 Å². The van der Waals surface area contributed by atoms with E-state index >= 15 is 0 Å². The van der Waals surface area contributed by atoms with Gasteiger partial charge in [-0.15, -0.1) is 0 Å². The third-order valence-electron chi connectivity index (χ3n) is 29.1. The van der Waals surface area contributed by atoms with Crippen LogP contribution in [0.5, 0.6) is 0 Å². The minimum atomic E-state index is -2.63. The van der Waals surface area contributed by atoms with Crippen molar-refractivity contribution in [2.45, 2.75) is 153 Å². The summed E-state index contributed by atoms with van der Waals surface area (Å²) in [5, 5.41) is 43.7.